The van der Waals surface area contributed by atoms with Gasteiger partial charge < -0.3 is 22.7 Å². The van der Waals surface area contributed by atoms with Gasteiger partial charge >= 0.3 is 0 Å². The number of hydrogen-bond donors (Lipinski definition) is 1. The fourth-order valence-electron chi connectivity index (χ4n) is 0. The maximum atomic E-state index is 3.25. The van der Waals surface area contributed by atoms with Gasteiger partial charge in [-0.1, -0.05) is 0 Å². The summed E-state index contributed by atoms with van der Waals surface area (Å²) in [6.45, 7) is 0. The SMILES string of the molecule is C[NH3+].[Br-].[Pb]. The zero-order valence-corrected chi connectivity index (χ0v) is 8.06. The minimum atomic E-state index is 0. The van der Waals surface area contributed by atoms with E-state index in [1.807, 2.05) is 0 Å². The van der Waals surface area contributed by atoms with Gasteiger partial charge in [0.05, 0.1) is 7.05 Å². The normalized spacial score (nSPS) is 1.50. The van der Waals surface area contributed by atoms with E-state index in [-0.39, 0.29) is 44.3 Å². The molecule has 0 atom stereocenters. The Morgan fingerprint density at radius 1 is 1.25 bits per heavy atom. The monoisotopic (exact) mass is 319 g/mol. The molecule has 0 bridgehead atoms. The van der Waals surface area contributed by atoms with Gasteiger partial charge in [-0.05, 0) is 0 Å². The van der Waals surface area contributed by atoms with Crippen LogP contribution in [0.3, 0.4) is 0 Å². The topological polar surface area (TPSA) is 27.6 Å². The zero-order chi connectivity index (χ0) is 2.00. The van der Waals surface area contributed by atoms with Gasteiger partial charge in [0.25, 0.3) is 0 Å². The van der Waals surface area contributed by atoms with Crippen molar-refractivity contribution in [3.8, 4) is 0 Å². The summed E-state index contributed by atoms with van der Waals surface area (Å²) in [6, 6.07) is 0. The van der Waals surface area contributed by atoms with E-state index in [9.17, 15) is 0 Å². The van der Waals surface area contributed by atoms with Crippen LogP contribution in [0.1, 0.15) is 0 Å². The molecule has 0 aliphatic heterocycles. The Hall–Kier alpha value is 1.36. The Labute approximate surface area is 56.9 Å². The van der Waals surface area contributed by atoms with Gasteiger partial charge in [-0.3, -0.25) is 0 Å². The second-order valence-electron chi connectivity index (χ2n) is 0. The van der Waals surface area contributed by atoms with Crippen LogP contribution < -0.4 is 22.7 Å². The third-order valence-electron chi connectivity index (χ3n) is 0. The van der Waals surface area contributed by atoms with Crippen molar-refractivity contribution in [2.45, 2.75) is 0 Å². The molecular weight excluding hydrogens is 313 g/mol. The first-order valence-corrected chi connectivity index (χ1v) is 0.707. The molecule has 0 spiro atoms. The van der Waals surface area contributed by atoms with Crippen LogP contribution in [0, 0.1) is 0 Å². The molecule has 0 aliphatic carbocycles. The van der Waals surface area contributed by atoms with Gasteiger partial charge in [-0.2, -0.15) is 0 Å². The molecule has 0 unspecified atom stereocenters. The Morgan fingerprint density at radius 2 is 1.25 bits per heavy atom. The maximum Gasteiger partial charge on any atom is 0.0634 e. The van der Waals surface area contributed by atoms with Crippen LogP contribution in [-0.2, 0) is 0 Å². The van der Waals surface area contributed by atoms with Crippen molar-refractivity contribution in [2.24, 2.45) is 0 Å². The van der Waals surface area contributed by atoms with Gasteiger partial charge in [-0.25, -0.2) is 0 Å². The molecule has 0 aromatic heterocycles. The smallest absolute Gasteiger partial charge is 0.0634 e. The van der Waals surface area contributed by atoms with Crippen molar-refractivity contribution in [3.05, 3.63) is 0 Å². The molecule has 3 N–H and O–H groups in total. The summed E-state index contributed by atoms with van der Waals surface area (Å²) in [5.74, 6) is 0. The van der Waals surface area contributed by atoms with Crippen LogP contribution in [0.15, 0.2) is 0 Å². The van der Waals surface area contributed by atoms with Crippen LogP contribution >= 0.6 is 0 Å². The number of hydrogen-bond acceptors (Lipinski definition) is 0. The van der Waals surface area contributed by atoms with Crippen molar-refractivity contribution < 1.29 is 22.7 Å². The van der Waals surface area contributed by atoms with Crippen molar-refractivity contribution >= 4 is 27.3 Å². The van der Waals surface area contributed by atoms with E-state index in [0.717, 1.165) is 0 Å². The summed E-state index contributed by atoms with van der Waals surface area (Å²) in [6.07, 6.45) is 0. The molecule has 0 heterocycles. The Morgan fingerprint density at radius 3 is 1.25 bits per heavy atom. The first-order valence-electron chi connectivity index (χ1n) is 0.707. The van der Waals surface area contributed by atoms with E-state index in [4.69, 9.17) is 0 Å². The average Bonchev–Trinajstić information content (AvgIpc) is 1.00. The predicted molar refractivity (Wildman–Crippen MR) is 14.6 cm³/mol. The Balaban J connectivity index is -0.00000000500. The summed E-state index contributed by atoms with van der Waals surface area (Å²) in [5, 5.41) is 0. The standard InChI is InChI=1S/CH5N.BrH.Pb/c1-2;;/h2H2,1H3;1H;. The second-order valence-corrected chi connectivity index (χ2v) is 0. The minimum absolute atomic E-state index is 0. The van der Waals surface area contributed by atoms with Gasteiger partial charge in [0.2, 0.25) is 0 Å². The van der Waals surface area contributed by atoms with Crippen LogP contribution in [0.4, 0.5) is 0 Å². The Kier molecular flexibility index (Phi) is 122. The molecule has 4 heavy (non-hydrogen) atoms. The molecule has 0 aliphatic rings. The number of halogens is 1. The van der Waals surface area contributed by atoms with Gasteiger partial charge in [-0.15, -0.1) is 0 Å². The van der Waals surface area contributed by atoms with Crippen LogP contribution in [-0.4, -0.2) is 34.3 Å². The van der Waals surface area contributed by atoms with Gasteiger partial charge in [0.15, 0.2) is 0 Å². The fourth-order valence-corrected chi connectivity index (χ4v) is 0. The molecule has 1 nitrogen and oxygen atoms in total. The summed E-state index contributed by atoms with van der Waals surface area (Å²) < 4.78 is 0. The van der Waals surface area contributed by atoms with Crippen LogP contribution in [0.5, 0.6) is 0 Å². The molecule has 0 rings (SSSR count). The quantitative estimate of drug-likeness (QED) is 0.436. The molecule has 0 fully saturated rings. The first kappa shape index (κ1) is 18.3. The molecule has 26 valence electrons. The number of rotatable bonds is 0. The van der Waals surface area contributed by atoms with E-state index in [0.29, 0.717) is 0 Å². The molecular formula is CH6BrNPb. The predicted octanol–water partition coefficient (Wildman–Crippen LogP) is -4.52. The van der Waals surface area contributed by atoms with Crippen LogP contribution in [0.25, 0.3) is 0 Å². The molecule has 3 heteroatoms. The van der Waals surface area contributed by atoms with Crippen molar-refractivity contribution in [1.82, 2.24) is 0 Å². The summed E-state index contributed by atoms with van der Waals surface area (Å²) in [5.41, 5.74) is 3.25. The third-order valence-corrected chi connectivity index (χ3v) is 0. The van der Waals surface area contributed by atoms with Gasteiger partial charge in [0.1, 0.15) is 0 Å². The Bertz CT molecular complexity index is 8.00. The molecule has 0 saturated heterocycles. The summed E-state index contributed by atoms with van der Waals surface area (Å²) >= 11 is 0. The van der Waals surface area contributed by atoms with E-state index >= 15 is 0 Å². The van der Waals surface area contributed by atoms with Crippen molar-refractivity contribution in [3.63, 3.8) is 0 Å². The maximum absolute atomic E-state index is 3.25. The van der Waals surface area contributed by atoms with Gasteiger partial charge in [0, 0.05) is 27.3 Å². The largest absolute Gasteiger partial charge is 1.00 e. The van der Waals surface area contributed by atoms with E-state index < -0.39 is 0 Å². The fraction of sp³-hybridized carbons (Fsp3) is 1.00. The van der Waals surface area contributed by atoms with E-state index in [1.54, 1.807) is 7.05 Å². The van der Waals surface area contributed by atoms with Crippen molar-refractivity contribution in [2.75, 3.05) is 7.05 Å². The molecule has 0 aromatic rings. The molecule has 0 aromatic carbocycles. The van der Waals surface area contributed by atoms with Crippen LogP contribution in [0.2, 0.25) is 0 Å². The summed E-state index contributed by atoms with van der Waals surface area (Å²) in [7, 11) is 1.75. The van der Waals surface area contributed by atoms with E-state index in [1.165, 1.54) is 0 Å². The molecule has 0 amide bonds. The van der Waals surface area contributed by atoms with Crippen molar-refractivity contribution in [1.29, 1.82) is 0 Å². The third kappa shape index (κ3) is 10.1. The zero-order valence-electron chi connectivity index (χ0n) is 2.59. The minimum Gasteiger partial charge on any atom is -1.00 e. The summed E-state index contributed by atoms with van der Waals surface area (Å²) in [4.78, 5) is 0. The van der Waals surface area contributed by atoms with E-state index in [2.05, 4.69) is 5.73 Å². The average molecular weight is 319 g/mol. The molecule has 4 radical (unpaired) electrons. The second kappa shape index (κ2) is 26.6. The first-order chi connectivity index (χ1) is 1.00. The number of quaternary nitrogens is 1. The molecule has 0 saturated carbocycles.